The molecule has 1 saturated heterocycles. The summed E-state index contributed by atoms with van der Waals surface area (Å²) >= 11 is 0. The number of nitrogens with zero attached hydrogens (tertiary/aromatic N) is 4. The zero-order valence-electron chi connectivity index (χ0n) is 22.8. The van der Waals surface area contributed by atoms with Crippen LogP contribution in [0.15, 0.2) is 73.3 Å². The zero-order valence-corrected chi connectivity index (χ0v) is 23.9. The van der Waals surface area contributed by atoms with Crippen molar-refractivity contribution in [3.63, 3.8) is 0 Å². The van der Waals surface area contributed by atoms with Gasteiger partial charge in [-0.05, 0) is 29.6 Å². The van der Waals surface area contributed by atoms with Crippen molar-refractivity contribution in [1.82, 2.24) is 19.5 Å². The fourth-order valence-corrected chi connectivity index (χ4v) is 7.59. The van der Waals surface area contributed by atoms with E-state index in [1.54, 1.807) is 6.33 Å². The average Bonchev–Trinajstić information content (AvgIpc) is 3.30. The minimum Gasteiger partial charge on any atom is -0.408 e. The molecule has 1 aliphatic rings. The fourth-order valence-electron chi connectivity index (χ4n) is 5.31. The van der Waals surface area contributed by atoms with Gasteiger partial charge >= 0.3 is 0 Å². The molecule has 2 unspecified atom stereocenters. The molecule has 2 aromatic heterocycles. The monoisotopic (exact) mass is 531 g/mol. The standard InChI is InChI=1S/C29H37N5O3Si/c1-27(2,3)29(17-34-20-33-24-25(30)31-19-32-26(24)34)18-35-28(4,5)37-23(29)16-36-38(21-12-8-6-9-13-21)22-14-10-7-11-15-22/h6-15,19-20,23,38H,16-18H2,1-5H3,(H2,30,31,32). The Kier molecular flexibility index (Phi) is 7.12. The van der Waals surface area contributed by atoms with Crippen molar-refractivity contribution in [1.29, 1.82) is 0 Å². The number of rotatable bonds is 7. The van der Waals surface area contributed by atoms with Crippen LogP contribution in [0.4, 0.5) is 5.82 Å². The summed E-state index contributed by atoms with van der Waals surface area (Å²) in [6.07, 6.45) is 3.02. The van der Waals surface area contributed by atoms with Gasteiger partial charge in [0.05, 0.1) is 25.6 Å². The number of nitrogens with two attached hydrogens (primary N) is 1. The van der Waals surface area contributed by atoms with Crippen LogP contribution in [0.25, 0.3) is 11.2 Å². The van der Waals surface area contributed by atoms with Gasteiger partial charge in [0.2, 0.25) is 9.04 Å². The van der Waals surface area contributed by atoms with Gasteiger partial charge in [-0.1, -0.05) is 81.4 Å². The van der Waals surface area contributed by atoms with Crippen molar-refractivity contribution in [2.24, 2.45) is 10.8 Å². The Morgan fingerprint density at radius 3 is 2.24 bits per heavy atom. The topological polar surface area (TPSA) is 97.3 Å². The van der Waals surface area contributed by atoms with E-state index in [9.17, 15) is 0 Å². The Balaban J connectivity index is 1.52. The molecule has 0 amide bonds. The number of aromatic nitrogens is 4. The summed E-state index contributed by atoms with van der Waals surface area (Å²) in [5, 5.41) is 2.47. The van der Waals surface area contributed by atoms with E-state index in [1.165, 1.54) is 16.7 Å². The lowest BCUT2D eigenvalue weighted by Gasteiger charge is -2.55. The van der Waals surface area contributed by atoms with Crippen LogP contribution in [-0.4, -0.2) is 53.7 Å². The largest absolute Gasteiger partial charge is 0.408 e. The van der Waals surface area contributed by atoms with Gasteiger partial charge in [-0.2, -0.15) is 0 Å². The van der Waals surface area contributed by atoms with E-state index in [1.807, 2.05) is 30.5 Å². The van der Waals surface area contributed by atoms with E-state index in [2.05, 4.69) is 84.3 Å². The first kappa shape index (κ1) is 26.5. The minimum atomic E-state index is -1.97. The molecule has 0 bridgehead atoms. The van der Waals surface area contributed by atoms with Gasteiger partial charge in [-0.15, -0.1) is 0 Å². The quantitative estimate of drug-likeness (QED) is 0.366. The smallest absolute Gasteiger partial charge is 0.239 e. The van der Waals surface area contributed by atoms with E-state index in [4.69, 9.17) is 19.6 Å². The Labute approximate surface area is 225 Å². The molecule has 0 radical (unpaired) electrons. The predicted molar refractivity (Wildman–Crippen MR) is 152 cm³/mol. The molecule has 1 fully saturated rings. The highest BCUT2D eigenvalue weighted by Crippen LogP contribution is 2.49. The molecule has 2 aromatic carbocycles. The molecule has 9 heteroatoms. The average molecular weight is 532 g/mol. The number of benzene rings is 2. The highest BCUT2D eigenvalue weighted by molar-refractivity contribution is 6.80. The van der Waals surface area contributed by atoms with Crippen LogP contribution in [-0.2, 0) is 20.4 Å². The first-order chi connectivity index (χ1) is 18.1. The summed E-state index contributed by atoms with van der Waals surface area (Å²) in [4.78, 5) is 13.1. The summed E-state index contributed by atoms with van der Waals surface area (Å²) in [5.74, 6) is -0.363. The number of ether oxygens (including phenoxy) is 2. The van der Waals surface area contributed by atoms with Crippen LogP contribution in [0.1, 0.15) is 34.6 Å². The zero-order chi connectivity index (χ0) is 27.0. The number of nitrogen functional groups attached to an aromatic ring is 1. The maximum Gasteiger partial charge on any atom is 0.239 e. The number of imidazole rings is 1. The lowest BCUT2D eigenvalue weighted by atomic mass is 9.63. The van der Waals surface area contributed by atoms with Crippen molar-refractivity contribution in [3.05, 3.63) is 73.3 Å². The van der Waals surface area contributed by atoms with Gasteiger partial charge in [0.25, 0.3) is 0 Å². The molecule has 0 saturated carbocycles. The van der Waals surface area contributed by atoms with Gasteiger partial charge in [0, 0.05) is 12.0 Å². The normalized spacial score (nSPS) is 21.7. The molecule has 0 aliphatic carbocycles. The molecule has 5 rings (SSSR count). The van der Waals surface area contributed by atoms with E-state index in [-0.39, 0.29) is 11.5 Å². The lowest BCUT2D eigenvalue weighted by Crippen LogP contribution is -2.62. The number of hydrogen-bond acceptors (Lipinski definition) is 7. The van der Waals surface area contributed by atoms with E-state index in [0.717, 1.165) is 0 Å². The van der Waals surface area contributed by atoms with Crippen molar-refractivity contribution < 1.29 is 13.9 Å². The van der Waals surface area contributed by atoms with Gasteiger partial charge in [0.15, 0.2) is 17.3 Å². The van der Waals surface area contributed by atoms with Crippen LogP contribution in [0, 0.1) is 10.8 Å². The van der Waals surface area contributed by atoms with Crippen LogP contribution < -0.4 is 16.1 Å². The molecule has 2 atom stereocenters. The maximum absolute atomic E-state index is 6.91. The Morgan fingerprint density at radius 2 is 1.63 bits per heavy atom. The van der Waals surface area contributed by atoms with Crippen LogP contribution in [0.3, 0.4) is 0 Å². The molecule has 38 heavy (non-hydrogen) atoms. The highest BCUT2D eigenvalue weighted by atomic mass is 28.3. The Hall–Kier alpha value is -3.11. The summed E-state index contributed by atoms with van der Waals surface area (Å²) in [7, 11) is -1.97. The summed E-state index contributed by atoms with van der Waals surface area (Å²) in [5.41, 5.74) is 6.74. The second-order valence-electron chi connectivity index (χ2n) is 11.5. The number of fused-ring (bicyclic) bond motifs is 1. The van der Waals surface area contributed by atoms with E-state index in [0.29, 0.717) is 36.7 Å². The SMILES string of the molecule is CC1(C)OCC(Cn2cnc3c(N)ncnc32)(C(C)(C)C)C(CO[SiH](c2ccccc2)c2ccccc2)O1. The van der Waals surface area contributed by atoms with Gasteiger partial charge in [0.1, 0.15) is 11.8 Å². The highest BCUT2D eigenvalue weighted by Gasteiger charge is 2.55. The van der Waals surface area contributed by atoms with Crippen molar-refractivity contribution >= 4 is 36.4 Å². The van der Waals surface area contributed by atoms with Gasteiger partial charge in [-0.3, -0.25) is 0 Å². The third kappa shape index (κ3) is 5.11. The molecular weight excluding hydrogens is 494 g/mol. The van der Waals surface area contributed by atoms with Crippen LogP contribution in [0.2, 0.25) is 0 Å². The Morgan fingerprint density at radius 1 is 1.00 bits per heavy atom. The summed E-state index contributed by atoms with van der Waals surface area (Å²) in [6, 6.07) is 21.0. The number of anilines is 1. The molecule has 8 nitrogen and oxygen atoms in total. The molecule has 0 spiro atoms. The molecule has 2 N–H and O–H groups in total. The van der Waals surface area contributed by atoms with Gasteiger partial charge in [-0.25, -0.2) is 15.0 Å². The van der Waals surface area contributed by atoms with Crippen molar-refractivity contribution in [2.45, 2.75) is 53.1 Å². The summed E-state index contributed by atoms with van der Waals surface area (Å²) < 4.78 is 22.0. The minimum absolute atomic E-state index is 0.205. The molecule has 3 heterocycles. The Bertz CT molecular complexity index is 1330. The summed E-state index contributed by atoms with van der Waals surface area (Å²) in [6.45, 7) is 12.2. The van der Waals surface area contributed by atoms with Crippen molar-refractivity contribution in [2.75, 3.05) is 18.9 Å². The van der Waals surface area contributed by atoms with Crippen LogP contribution >= 0.6 is 0 Å². The first-order valence-electron chi connectivity index (χ1n) is 13.0. The predicted octanol–water partition coefficient (Wildman–Crippen LogP) is 3.15. The lowest BCUT2D eigenvalue weighted by molar-refractivity contribution is -0.341. The van der Waals surface area contributed by atoms with Crippen LogP contribution in [0.5, 0.6) is 0 Å². The van der Waals surface area contributed by atoms with Crippen molar-refractivity contribution in [3.8, 4) is 0 Å². The third-order valence-electron chi connectivity index (χ3n) is 7.71. The fraction of sp³-hybridized carbons (Fsp3) is 0.414. The molecule has 1 aliphatic heterocycles. The maximum atomic E-state index is 6.91. The molecule has 200 valence electrons. The molecule has 4 aromatic rings. The first-order valence-corrected chi connectivity index (χ1v) is 14.7. The third-order valence-corrected chi connectivity index (χ3v) is 10.2. The van der Waals surface area contributed by atoms with E-state index < -0.39 is 20.2 Å². The molecular formula is C29H37N5O3Si. The van der Waals surface area contributed by atoms with E-state index >= 15 is 0 Å². The second kappa shape index (κ2) is 10.2. The van der Waals surface area contributed by atoms with Gasteiger partial charge < -0.3 is 24.2 Å². The second-order valence-corrected chi connectivity index (χ2v) is 14.0. The number of hydrogen-bond donors (Lipinski definition) is 1.